The summed E-state index contributed by atoms with van der Waals surface area (Å²) in [5, 5.41) is 1.12. The molecular weight excluding hydrogens is 577 g/mol. The van der Waals surface area contributed by atoms with Crippen LogP contribution < -0.4 is 14.2 Å². The molecule has 6 rings (SSSR count). The van der Waals surface area contributed by atoms with Crippen LogP contribution in [0.2, 0.25) is 0 Å². The Morgan fingerprint density at radius 1 is 0.907 bits per heavy atom. The number of aryl methyl sites for hydroxylation is 1. The Bertz CT molecular complexity index is 1950. The monoisotopic (exact) mass is 609 g/mol. The van der Waals surface area contributed by atoms with E-state index in [1.165, 1.54) is 21.3 Å². The highest BCUT2D eigenvalue weighted by atomic mass is 32.2. The lowest BCUT2D eigenvalue weighted by Gasteiger charge is -2.19. The molecule has 0 radical (unpaired) electrons. The summed E-state index contributed by atoms with van der Waals surface area (Å²) in [7, 11) is -1.98. The first kappa shape index (κ1) is 28.9. The van der Waals surface area contributed by atoms with Gasteiger partial charge in [0.1, 0.15) is 11.7 Å². The highest BCUT2D eigenvalue weighted by molar-refractivity contribution is 7.85. The van der Waals surface area contributed by atoms with Crippen molar-refractivity contribution in [1.82, 2.24) is 0 Å². The lowest BCUT2D eigenvalue weighted by atomic mass is 10.0. The standard InChI is InChI=1S/C35H32N2O4S2/c1-3-25(22-35-36(2)31-24-29(16-18-33(31)42-35)27-13-8-5-9-14-27)21-34-37(19-10-20-43(38,39)40)30-23-28(15-17-32(30)41-34)26-11-6-4-7-12-26/h4-9,11-18,21-24H,3,10,19-20H2,1-2H3/p+1. The minimum Gasteiger partial charge on any atom is -0.439 e. The summed E-state index contributed by atoms with van der Waals surface area (Å²) in [6.45, 7) is 2.49. The molecule has 0 bridgehead atoms. The second-order valence-electron chi connectivity index (χ2n) is 10.5. The molecule has 43 heavy (non-hydrogen) atoms. The van der Waals surface area contributed by atoms with Crippen molar-refractivity contribution < 1.29 is 22.3 Å². The van der Waals surface area contributed by atoms with E-state index in [-0.39, 0.29) is 12.2 Å². The van der Waals surface area contributed by atoms with Crippen molar-refractivity contribution >= 4 is 43.4 Å². The van der Waals surface area contributed by atoms with Gasteiger partial charge in [0, 0.05) is 24.8 Å². The third-order valence-electron chi connectivity index (χ3n) is 7.62. The normalized spacial score (nSPS) is 14.3. The second kappa shape index (κ2) is 12.2. The summed E-state index contributed by atoms with van der Waals surface area (Å²) in [5.41, 5.74) is 7.63. The van der Waals surface area contributed by atoms with Gasteiger partial charge in [-0.2, -0.15) is 13.0 Å². The maximum absolute atomic E-state index is 11.5. The van der Waals surface area contributed by atoms with E-state index < -0.39 is 10.1 Å². The quantitative estimate of drug-likeness (QED) is 0.136. The van der Waals surface area contributed by atoms with Crippen molar-refractivity contribution in [3.05, 3.63) is 120 Å². The van der Waals surface area contributed by atoms with E-state index in [1.807, 2.05) is 47.4 Å². The van der Waals surface area contributed by atoms with Crippen molar-refractivity contribution in [2.45, 2.75) is 19.8 Å². The van der Waals surface area contributed by atoms with Gasteiger partial charge in [0.2, 0.25) is 11.4 Å². The number of allylic oxidation sites excluding steroid dienone is 2. The van der Waals surface area contributed by atoms with Crippen LogP contribution in [0.1, 0.15) is 24.8 Å². The van der Waals surface area contributed by atoms with Gasteiger partial charge in [0.25, 0.3) is 15.1 Å². The Labute approximate surface area is 256 Å². The van der Waals surface area contributed by atoms with Crippen molar-refractivity contribution in [2.75, 3.05) is 17.2 Å². The number of ether oxygens (including phenoxy) is 1. The van der Waals surface area contributed by atoms with Gasteiger partial charge in [0.15, 0.2) is 5.75 Å². The number of aromatic nitrogens is 1. The van der Waals surface area contributed by atoms with E-state index in [4.69, 9.17) is 4.74 Å². The largest absolute Gasteiger partial charge is 0.439 e. The number of rotatable bonds is 9. The van der Waals surface area contributed by atoms with Crippen molar-refractivity contribution in [3.63, 3.8) is 0 Å². The van der Waals surface area contributed by atoms with E-state index in [0.29, 0.717) is 18.2 Å². The van der Waals surface area contributed by atoms with Crippen LogP contribution in [-0.2, 0) is 17.2 Å². The van der Waals surface area contributed by atoms with E-state index in [1.54, 1.807) is 11.3 Å². The summed E-state index contributed by atoms with van der Waals surface area (Å²) in [6.07, 6.45) is 5.27. The first-order valence-corrected chi connectivity index (χ1v) is 16.7. The molecule has 8 heteroatoms. The highest BCUT2D eigenvalue weighted by Gasteiger charge is 2.27. The number of hydrogen-bond donors (Lipinski definition) is 1. The zero-order chi connectivity index (χ0) is 30.0. The number of thiazole rings is 1. The fraction of sp³-hybridized carbons (Fsp3) is 0.171. The summed E-state index contributed by atoms with van der Waals surface area (Å²) in [6, 6.07) is 33.2. The first-order chi connectivity index (χ1) is 20.8. The topological polar surface area (TPSA) is 70.7 Å². The molecule has 5 aromatic rings. The lowest BCUT2D eigenvalue weighted by Crippen LogP contribution is -2.29. The van der Waals surface area contributed by atoms with Crippen LogP contribution in [0.4, 0.5) is 5.69 Å². The predicted octanol–water partition coefficient (Wildman–Crippen LogP) is 7.87. The average Bonchev–Trinajstić information content (AvgIpc) is 3.52. The van der Waals surface area contributed by atoms with Crippen LogP contribution >= 0.6 is 11.3 Å². The minimum atomic E-state index is -4.07. The molecule has 1 aliphatic heterocycles. The zero-order valence-corrected chi connectivity index (χ0v) is 25.7. The molecule has 218 valence electrons. The fourth-order valence-corrected chi connectivity index (χ4v) is 6.92. The van der Waals surface area contributed by atoms with E-state index in [0.717, 1.165) is 33.8 Å². The van der Waals surface area contributed by atoms with Crippen molar-refractivity contribution in [1.29, 1.82) is 0 Å². The van der Waals surface area contributed by atoms with Crippen LogP contribution in [0.5, 0.6) is 5.75 Å². The van der Waals surface area contributed by atoms with Crippen molar-refractivity contribution in [2.24, 2.45) is 7.05 Å². The third kappa shape index (κ3) is 6.41. The molecule has 2 heterocycles. The van der Waals surface area contributed by atoms with Gasteiger partial charge in [-0.05, 0) is 58.9 Å². The maximum atomic E-state index is 11.5. The molecule has 0 saturated heterocycles. The SMILES string of the molecule is CCC(/C=C1\Oc2ccc(-c3ccccc3)cc2N1CCCS(=O)(=O)O)=C\c1sc2ccc(-c3ccccc3)cc2[n+]1C. The molecule has 0 saturated carbocycles. The molecule has 0 spiro atoms. The van der Waals surface area contributed by atoms with Gasteiger partial charge in [-0.15, -0.1) is 0 Å². The number of fused-ring (bicyclic) bond motifs is 2. The zero-order valence-electron chi connectivity index (χ0n) is 24.1. The van der Waals surface area contributed by atoms with Crippen molar-refractivity contribution in [3.8, 4) is 28.0 Å². The van der Waals surface area contributed by atoms with Gasteiger partial charge >= 0.3 is 0 Å². The van der Waals surface area contributed by atoms with E-state index >= 15 is 0 Å². The number of benzene rings is 4. The molecular formula is C35H33N2O4S2+. The Kier molecular flexibility index (Phi) is 8.17. The number of hydrogen-bond acceptors (Lipinski definition) is 5. The average molecular weight is 610 g/mol. The fourth-order valence-electron chi connectivity index (χ4n) is 5.32. The van der Waals surface area contributed by atoms with Crippen LogP contribution in [0.15, 0.2) is 115 Å². The van der Waals surface area contributed by atoms with Gasteiger partial charge in [-0.1, -0.05) is 91.1 Å². The molecule has 1 aliphatic rings. The predicted molar refractivity (Wildman–Crippen MR) is 176 cm³/mol. The Morgan fingerprint density at radius 3 is 2.21 bits per heavy atom. The van der Waals surface area contributed by atoms with Gasteiger partial charge in [0.05, 0.1) is 11.4 Å². The highest BCUT2D eigenvalue weighted by Crippen LogP contribution is 2.42. The maximum Gasteiger partial charge on any atom is 0.264 e. The Hall–Kier alpha value is -4.24. The summed E-state index contributed by atoms with van der Waals surface area (Å²) < 4.78 is 42.1. The van der Waals surface area contributed by atoms with Gasteiger partial charge in [-0.25, -0.2) is 0 Å². The van der Waals surface area contributed by atoms with Gasteiger partial charge < -0.3 is 9.64 Å². The van der Waals surface area contributed by atoms with E-state index in [2.05, 4.69) is 85.3 Å². The smallest absolute Gasteiger partial charge is 0.264 e. The molecule has 4 aromatic carbocycles. The van der Waals surface area contributed by atoms with Crippen LogP contribution in [0.3, 0.4) is 0 Å². The molecule has 1 N–H and O–H groups in total. The molecule has 0 fully saturated rings. The molecule has 1 aromatic heterocycles. The molecule has 0 unspecified atom stereocenters. The van der Waals surface area contributed by atoms with Crippen LogP contribution in [0, 0.1) is 0 Å². The summed E-state index contributed by atoms with van der Waals surface area (Å²) in [4.78, 5) is 2.01. The molecule has 0 aliphatic carbocycles. The van der Waals surface area contributed by atoms with E-state index in [9.17, 15) is 13.0 Å². The Morgan fingerprint density at radius 2 is 1.56 bits per heavy atom. The van der Waals surface area contributed by atoms with Crippen LogP contribution in [0.25, 0.3) is 38.5 Å². The van der Waals surface area contributed by atoms with Gasteiger partial charge in [-0.3, -0.25) is 4.55 Å². The summed E-state index contributed by atoms with van der Waals surface area (Å²) in [5.74, 6) is 1.04. The number of anilines is 1. The molecule has 0 atom stereocenters. The third-order valence-corrected chi connectivity index (χ3v) is 9.59. The molecule has 6 nitrogen and oxygen atoms in total. The summed E-state index contributed by atoms with van der Waals surface area (Å²) >= 11 is 1.74. The minimum absolute atomic E-state index is 0.259. The Balaban J connectivity index is 1.35. The molecule has 0 amide bonds. The number of nitrogens with zero attached hydrogens (tertiary/aromatic N) is 2. The lowest BCUT2D eigenvalue weighted by molar-refractivity contribution is -0.642. The first-order valence-electron chi connectivity index (χ1n) is 14.3. The van der Waals surface area contributed by atoms with Crippen LogP contribution in [-0.4, -0.2) is 25.3 Å². The second-order valence-corrected chi connectivity index (χ2v) is 13.2.